The van der Waals surface area contributed by atoms with Crippen LogP contribution in [0.1, 0.15) is 61.1 Å². The second-order valence-corrected chi connectivity index (χ2v) is 6.71. The largest absolute Gasteiger partial charge is 2.00 e. The molecule has 0 aliphatic rings. The quantitative estimate of drug-likeness (QED) is 0.682. The van der Waals surface area contributed by atoms with E-state index < -0.39 is 0 Å². The van der Waals surface area contributed by atoms with Crippen LogP contribution in [0.15, 0.2) is 12.1 Å². The van der Waals surface area contributed by atoms with Crippen LogP contribution in [0.3, 0.4) is 0 Å². The Bertz CT molecular complexity index is 369. The number of hydrogen-bond acceptors (Lipinski definition) is 1. The van der Waals surface area contributed by atoms with Gasteiger partial charge in [-0.1, -0.05) is 59.2 Å². The van der Waals surface area contributed by atoms with Crippen LogP contribution in [-0.4, -0.2) is 28.2 Å². The first-order valence-corrected chi connectivity index (χ1v) is 5.88. The minimum Gasteiger partial charge on any atom is -1.00 e. The van der Waals surface area contributed by atoms with Gasteiger partial charge < -0.3 is 7.96 Å². The minimum atomic E-state index is -0.0178. The molecule has 0 aliphatic heterocycles. The van der Waals surface area contributed by atoms with E-state index in [4.69, 9.17) is 0 Å². The number of aromatic hydroxyl groups is 1. The number of benzene rings is 1. The fourth-order valence-corrected chi connectivity index (χ4v) is 1.92. The molecule has 1 aromatic rings. The molecule has 0 bridgehead atoms. The van der Waals surface area contributed by atoms with Crippen molar-refractivity contribution in [1.82, 2.24) is 0 Å². The summed E-state index contributed by atoms with van der Waals surface area (Å²) in [5.41, 5.74) is 3.26. The molecule has 1 rings (SSSR count). The number of phenolic OH excluding ortho intramolecular Hbond substituents is 1. The summed E-state index contributed by atoms with van der Waals surface area (Å²) < 4.78 is 0. The van der Waals surface area contributed by atoms with Crippen LogP contribution in [0.4, 0.5) is 0 Å². The van der Waals surface area contributed by atoms with E-state index in [1.807, 2.05) is 0 Å². The van der Waals surface area contributed by atoms with Crippen LogP contribution < -0.4 is 0 Å². The topological polar surface area (TPSA) is 20.2 Å². The molecule has 0 atom stereocenters. The van der Waals surface area contributed by atoms with Gasteiger partial charge in [-0.25, -0.2) is 0 Å². The number of rotatable bonds is 0. The Kier molecular flexibility index (Phi) is 5.13. The summed E-state index contributed by atoms with van der Waals surface area (Å²) in [5, 5.41) is 10.4. The number of hydrogen-bond donors (Lipinski definition) is 1. The van der Waals surface area contributed by atoms with Crippen molar-refractivity contribution in [2.75, 3.05) is 0 Å². The van der Waals surface area contributed by atoms with Crippen LogP contribution >= 0.6 is 0 Å². The van der Waals surface area contributed by atoms with Gasteiger partial charge >= 0.3 is 23.1 Å². The second kappa shape index (κ2) is 5.19. The molecule has 0 fully saturated rings. The van der Waals surface area contributed by atoms with Gasteiger partial charge in [-0.3, -0.25) is 0 Å². The Morgan fingerprint density at radius 3 is 1.41 bits per heavy atom. The van der Waals surface area contributed by atoms with Crippen molar-refractivity contribution < 1.29 is 7.96 Å². The maximum Gasteiger partial charge on any atom is 2.00 e. The molecule has 2 heteroatoms. The second-order valence-electron chi connectivity index (χ2n) is 6.71. The third-order valence-electron chi connectivity index (χ3n) is 2.87. The van der Waals surface area contributed by atoms with Crippen molar-refractivity contribution in [2.45, 2.75) is 59.3 Å². The van der Waals surface area contributed by atoms with Crippen molar-refractivity contribution >= 4 is 23.1 Å². The third kappa shape index (κ3) is 3.89. The zero-order valence-corrected chi connectivity index (χ0v) is 13.7. The predicted molar refractivity (Wildman–Crippen MR) is 78.2 cm³/mol. The van der Waals surface area contributed by atoms with Crippen molar-refractivity contribution in [3.05, 3.63) is 28.8 Å². The molecule has 1 N–H and O–H groups in total. The first-order chi connectivity index (χ1) is 7.03. The molecule has 1 aromatic carbocycles. The summed E-state index contributed by atoms with van der Waals surface area (Å²) in [5.74, 6) is 0.464. The minimum absolute atomic E-state index is 0. The SMILES string of the molecule is Cc1cc(C(C)(C)C)c(O)c(C(C)(C)C)c1.[H-].[H-].[Mg+2]. The van der Waals surface area contributed by atoms with Crippen LogP contribution in [0.5, 0.6) is 5.75 Å². The molecule has 0 heterocycles. The van der Waals surface area contributed by atoms with Crippen molar-refractivity contribution in [3.63, 3.8) is 0 Å². The predicted octanol–water partition coefficient (Wildman–Crippen LogP) is 4.14. The number of aryl methyl sites for hydroxylation is 1. The van der Waals surface area contributed by atoms with Crippen LogP contribution in [0, 0.1) is 6.92 Å². The van der Waals surface area contributed by atoms with E-state index >= 15 is 0 Å². The Hall–Kier alpha value is -0.214. The molecule has 0 saturated carbocycles. The van der Waals surface area contributed by atoms with Gasteiger partial charge in [0.25, 0.3) is 0 Å². The van der Waals surface area contributed by atoms with Gasteiger partial charge in [0.2, 0.25) is 0 Å². The molecule has 0 saturated heterocycles. The van der Waals surface area contributed by atoms with E-state index in [0.717, 1.165) is 11.1 Å². The molecule has 94 valence electrons. The van der Waals surface area contributed by atoms with Gasteiger partial charge in [-0.05, 0) is 28.9 Å². The van der Waals surface area contributed by atoms with Crippen LogP contribution in [0.25, 0.3) is 0 Å². The van der Waals surface area contributed by atoms with E-state index in [-0.39, 0.29) is 36.7 Å². The zero-order chi connectivity index (χ0) is 12.7. The fourth-order valence-electron chi connectivity index (χ4n) is 1.92. The van der Waals surface area contributed by atoms with Crippen molar-refractivity contribution in [2.24, 2.45) is 0 Å². The third-order valence-corrected chi connectivity index (χ3v) is 2.87. The van der Waals surface area contributed by atoms with Gasteiger partial charge in [0, 0.05) is 0 Å². The summed E-state index contributed by atoms with van der Waals surface area (Å²) in [7, 11) is 0. The Balaban J connectivity index is -0.000000853. The first kappa shape index (κ1) is 16.8. The zero-order valence-electron chi connectivity index (χ0n) is 14.3. The molecule has 1 nitrogen and oxygen atoms in total. The summed E-state index contributed by atoms with van der Waals surface area (Å²) in [6, 6.07) is 4.18. The molecule has 0 unspecified atom stereocenters. The summed E-state index contributed by atoms with van der Waals surface area (Å²) in [6.45, 7) is 14.9. The van der Waals surface area contributed by atoms with E-state index in [9.17, 15) is 5.11 Å². The van der Waals surface area contributed by atoms with Gasteiger partial charge in [-0.15, -0.1) is 0 Å². The normalized spacial score (nSPS) is 12.2. The molecule has 17 heavy (non-hydrogen) atoms. The fraction of sp³-hybridized carbons (Fsp3) is 0.600. The van der Waals surface area contributed by atoms with Gasteiger partial charge in [0.1, 0.15) is 5.75 Å². The summed E-state index contributed by atoms with van der Waals surface area (Å²) in [4.78, 5) is 0. The van der Waals surface area contributed by atoms with Crippen LogP contribution in [-0.2, 0) is 10.8 Å². The molecule has 0 amide bonds. The van der Waals surface area contributed by atoms with E-state index in [2.05, 4.69) is 60.6 Å². The van der Waals surface area contributed by atoms with Crippen molar-refractivity contribution in [3.8, 4) is 5.75 Å². The van der Waals surface area contributed by atoms with Crippen molar-refractivity contribution in [1.29, 1.82) is 0 Å². The van der Waals surface area contributed by atoms with Gasteiger partial charge in [0.15, 0.2) is 0 Å². The Morgan fingerprint density at radius 1 is 0.882 bits per heavy atom. The summed E-state index contributed by atoms with van der Waals surface area (Å²) >= 11 is 0. The molecular weight excluding hydrogens is 220 g/mol. The van der Waals surface area contributed by atoms with Gasteiger partial charge in [-0.2, -0.15) is 0 Å². The van der Waals surface area contributed by atoms with E-state index in [1.54, 1.807) is 0 Å². The van der Waals surface area contributed by atoms with Crippen LogP contribution in [0.2, 0.25) is 0 Å². The Morgan fingerprint density at radius 2 is 1.18 bits per heavy atom. The van der Waals surface area contributed by atoms with E-state index in [0.29, 0.717) is 5.75 Å². The molecule has 0 radical (unpaired) electrons. The van der Waals surface area contributed by atoms with Gasteiger partial charge in [0.05, 0.1) is 0 Å². The molecule has 0 aliphatic carbocycles. The van der Waals surface area contributed by atoms with E-state index in [1.165, 1.54) is 5.56 Å². The smallest absolute Gasteiger partial charge is 1.00 e. The molecule has 0 spiro atoms. The monoisotopic (exact) mass is 246 g/mol. The number of phenols is 1. The summed E-state index contributed by atoms with van der Waals surface area (Å²) in [6.07, 6.45) is 0. The molecular formula is C15H26MgO. The Labute approximate surface area is 125 Å². The standard InChI is InChI=1S/C15H24O.Mg.2H/c1-10-8-11(14(2,3)4)13(16)12(9-10)15(5,6)7;;;/h8-9,16H,1-7H3;;;/q;+2;2*-1. The average molecular weight is 247 g/mol. The average Bonchev–Trinajstić information content (AvgIpc) is 2.04. The first-order valence-electron chi connectivity index (χ1n) is 5.88. The maximum absolute atomic E-state index is 10.4. The maximum atomic E-state index is 10.4. The molecule has 0 aromatic heterocycles.